The molecule has 2 amide bonds. The Bertz CT molecular complexity index is 273. The van der Waals surface area contributed by atoms with Gasteiger partial charge in [0.05, 0.1) is 6.04 Å². The highest BCUT2D eigenvalue weighted by atomic mass is 16.2. The van der Waals surface area contributed by atoms with E-state index in [1.807, 2.05) is 0 Å². The van der Waals surface area contributed by atoms with Crippen LogP contribution in [0.1, 0.15) is 13.3 Å². The molecule has 2 atom stereocenters. The normalized spacial score (nSPS) is 24.2. The maximum absolute atomic E-state index is 11.7. The van der Waals surface area contributed by atoms with Crippen molar-refractivity contribution >= 4 is 11.8 Å². The topological polar surface area (TPSA) is 73.5 Å². The third-order valence-electron chi connectivity index (χ3n) is 2.79. The highest BCUT2D eigenvalue weighted by molar-refractivity contribution is 5.83. The van der Waals surface area contributed by atoms with Gasteiger partial charge in [0.25, 0.3) is 0 Å². The maximum Gasteiger partial charge on any atom is 0.238 e. The van der Waals surface area contributed by atoms with Crippen LogP contribution in [-0.4, -0.2) is 62.5 Å². The first-order chi connectivity index (χ1) is 8.00. The van der Waals surface area contributed by atoms with Crippen molar-refractivity contribution in [3.63, 3.8) is 0 Å². The SMILES string of the molecule is CC1CNC(C(=O)NCCC(=O)N(C)C)CN1. The number of hydrogen-bond acceptors (Lipinski definition) is 4. The van der Waals surface area contributed by atoms with E-state index in [0.29, 0.717) is 25.6 Å². The van der Waals surface area contributed by atoms with Crippen molar-refractivity contribution in [2.75, 3.05) is 33.7 Å². The van der Waals surface area contributed by atoms with Crippen molar-refractivity contribution < 1.29 is 9.59 Å². The summed E-state index contributed by atoms with van der Waals surface area (Å²) in [4.78, 5) is 24.5. The number of amides is 2. The lowest BCUT2D eigenvalue weighted by atomic mass is 10.1. The molecule has 1 saturated heterocycles. The molecule has 0 bridgehead atoms. The van der Waals surface area contributed by atoms with Gasteiger partial charge in [0, 0.05) is 46.2 Å². The summed E-state index contributed by atoms with van der Waals surface area (Å²) in [5, 5.41) is 9.16. The van der Waals surface area contributed by atoms with Crippen LogP contribution < -0.4 is 16.0 Å². The molecule has 0 saturated carbocycles. The maximum atomic E-state index is 11.7. The molecule has 6 nitrogen and oxygen atoms in total. The first kappa shape index (κ1) is 13.9. The van der Waals surface area contributed by atoms with Gasteiger partial charge in [-0.2, -0.15) is 0 Å². The van der Waals surface area contributed by atoms with Crippen LogP contribution in [0.3, 0.4) is 0 Å². The molecular weight excluding hydrogens is 220 g/mol. The van der Waals surface area contributed by atoms with Crippen LogP contribution in [0, 0.1) is 0 Å². The largest absolute Gasteiger partial charge is 0.354 e. The number of hydrogen-bond donors (Lipinski definition) is 3. The number of nitrogens with zero attached hydrogens (tertiary/aromatic N) is 1. The number of rotatable bonds is 4. The fourth-order valence-electron chi connectivity index (χ4n) is 1.61. The predicted octanol–water partition coefficient (Wildman–Crippen LogP) is -1.47. The van der Waals surface area contributed by atoms with E-state index >= 15 is 0 Å². The van der Waals surface area contributed by atoms with Crippen LogP contribution in [0.25, 0.3) is 0 Å². The Morgan fingerprint density at radius 2 is 2.00 bits per heavy atom. The van der Waals surface area contributed by atoms with Crippen molar-refractivity contribution in [3.05, 3.63) is 0 Å². The fraction of sp³-hybridized carbons (Fsp3) is 0.818. The number of piperazine rings is 1. The van der Waals surface area contributed by atoms with Crippen molar-refractivity contribution in [3.8, 4) is 0 Å². The molecule has 0 radical (unpaired) electrons. The average molecular weight is 242 g/mol. The molecule has 0 aromatic carbocycles. The zero-order valence-electron chi connectivity index (χ0n) is 10.7. The summed E-state index contributed by atoms with van der Waals surface area (Å²) in [5.74, 6) is -0.0235. The molecule has 0 aromatic heterocycles. The Hall–Kier alpha value is -1.14. The molecule has 1 aliphatic heterocycles. The van der Waals surface area contributed by atoms with E-state index in [4.69, 9.17) is 0 Å². The number of carbonyl (C=O) groups excluding carboxylic acids is 2. The first-order valence-corrected chi connectivity index (χ1v) is 5.95. The van der Waals surface area contributed by atoms with Gasteiger partial charge in [0.2, 0.25) is 11.8 Å². The van der Waals surface area contributed by atoms with E-state index in [1.165, 1.54) is 4.90 Å². The molecule has 1 heterocycles. The summed E-state index contributed by atoms with van der Waals surface area (Å²) in [5.41, 5.74) is 0. The summed E-state index contributed by atoms with van der Waals surface area (Å²) in [6.45, 7) is 3.88. The molecule has 2 unspecified atom stereocenters. The third kappa shape index (κ3) is 4.70. The van der Waals surface area contributed by atoms with Crippen LogP contribution in [-0.2, 0) is 9.59 Å². The van der Waals surface area contributed by atoms with E-state index in [2.05, 4.69) is 22.9 Å². The van der Waals surface area contributed by atoms with Gasteiger partial charge in [0.1, 0.15) is 0 Å². The minimum absolute atomic E-state index is 0.0219. The highest BCUT2D eigenvalue weighted by Crippen LogP contribution is 1.93. The summed E-state index contributed by atoms with van der Waals surface area (Å²) in [6.07, 6.45) is 0.343. The summed E-state index contributed by atoms with van der Waals surface area (Å²) in [6, 6.07) is 0.204. The highest BCUT2D eigenvalue weighted by Gasteiger charge is 2.22. The lowest BCUT2D eigenvalue weighted by Crippen LogP contribution is -2.59. The second-order valence-corrected chi connectivity index (χ2v) is 4.60. The van der Waals surface area contributed by atoms with Crippen LogP contribution in [0.2, 0.25) is 0 Å². The van der Waals surface area contributed by atoms with E-state index in [-0.39, 0.29) is 17.9 Å². The first-order valence-electron chi connectivity index (χ1n) is 5.95. The molecule has 1 rings (SSSR count). The smallest absolute Gasteiger partial charge is 0.238 e. The number of carbonyl (C=O) groups is 2. The van der Waals surface area contributed by atoms with Crippen molar-refractivity contribution in [2.45, 2.75) is 25.4 Å². The second-order valence-electron chi connectivity index (χ2n) is 4.60. The van der Waals surface area contributed by atoms with Crippen molar-refractivity contribution in [2.24, 2.45) is 0 Å². The molecule has 0 aliphatic carbocycles. The van der Waals surface area contributed by atoms with Crippen LogP contribution in [0.15, 0.2) is 0 Å². The molecule has 0 aromatic rings. The standard InChI is InChI=1S/C11H22N4O2/c1-8-6-14-9(7-13-8)11(17)12-5-4-10(16)15(2)3/h8-9,13-14H,4-7H2,1-3H3,(H,12,17). The summed E-state index contributed by atoms with van der Waals surface area (Å²) in [7, 11) is 3.41. The molecule has 98 valence electrons. The molecule has 0 spiro atoms. The minimum Gasteiger partial charge on any atom is -0.354 e. The summed E-state index contributed by atoms with van der Waals surface area (Å²) >= 11 is 0. The average Bonchev–Trinajstić information content (AvgIpc) is 2.29. The molecule has 3 N–H and O–H groups in total. The Morgan fingerprint density at radius 3 is 2.53 bits per heavy atom. The van der Waals surface area contributed by atoms with Crippen molar-refractivity contribution in [1.29, 1.82) is 0 Å². The van der Waals surface area contributed by atoms with Gasteiger partial charge >= 0.3 is 0 Å². The zero-order chi connectivity index (χ0) is 12.8. The number of nitrogens with one attached hydrogen (secondary N) is 3. The van der Waals surface area contributed by atoms with Gasteiger partial charge in [-0.3, -0.25) is 9.59 Å². The Balaban J connectivity index is 2.19. The Labute approximate surface area is 102 Å². The molecular formula is C11H22N4O2. The van der Waals surface area contributed by atoms with Crippen LogP contribution in [0.5, 0.6) is 0 Å². The van der Waals surface area contributed by atoms with Gasteiger partial charge in [-0.1, -0.05) is 0 Å². The zero-order valence-corrected chi connectivity index (χ0v) is 10.7. The fourth-order valence-corrected chi connectivity index (χ4v) is 1.61. The molecule has 1 fully saturated rings. The van der Waals surface area contributed by atoms with Gasteiger partial charge < -0.3 is 20.9 Å². The Kier molecular flexibility index (Phi) is 5.37. The molecule has 1 aliphatic rings. The van der Waals surface area contributed by atoms with Gasteiger partial charge in [-0.25, -0.2) is 0 Å². The third-order valence-corrected chi connectivity index (χ3v) is 2.79. The van der Waals surface area contributed by atoms with E-state index < -0.39 is 0 Å². The lowest BCUT2D eigenvalue weighted by molar-refractivity contribution is -0.128. The van der Waals surface area contributed by atoms with E-state index in [9.17, 15) is 9.59 Å². The quantitative estimate of drug-likeness (QED) is 0.563. The molecule has 17 heavy (non-hydrogen) atoms. The van der Waals surface area contributed by atoms with Crippen LogP contribution in [0.4, 0.5) is 0 Å². The van der Waals surface area contributed by atoms with E-state index in [0.717, 1.165) is 6.54 Å². The second kappa shape index (κ2) is 6.56. The molecule has 6 heteroatoms. The summed E-state index contributed by atoms with van der Waals surface area (Å²) < 4.78 is 0. The van der Waals surface area contributed by atoms with Crippen LogP contribution >= 0.6 is 0 Å². The van der Waals surface area contributed by atoms with Gasteiger partial charge in [-0.05, 0) is 6.92 Å². The van der Waals surface area contributed by atoms with E-state index in [1.54, 1.807) is 14.1 Å². The van der Waals surface area contributed by atoms with Gasteiger partial charge in [-0.15, -0.1) is 0 Å². The van der Waals surface area contributed by atoms with Crippen molar-refractivity contribution in [1.82, 2.24) is 20.9 Å². The monoisotopic (exact) mass is 242 g/mol. The predicted molar refractivity (Wildman–Crippen MR) is 65.6 cm³/mol. The Morgan fingerprint density at radius 1 is 1.29 bits per heavy atom. The minimum atomic E-state index is -0.194. The lowest BCUT2D eigenvalue weighted by Gasteiger charge is -2.28. The van der Waals surface area contributed by atoms with Gasteiger partial charge in [0.15, 0.2) is 0 Å².